The summed E-state index contributed by atoms with van der Waals surface area (Å²) in [6.07, 6.45) is 4.80. The molecule has 0 aliphatic heterocycles. The highest BCUT2D eigenvalue weighted by atomic mass is 32.1. The van der Waals surface area contributed by atoms with Crippen LogP contribution in [0.3, 0.4) is 0 Å². The lowest BCUT2D eigenvalue weighted by atomic mass is 9.67. The van der Waals surface area contributed by atoms with Crippen LogP contribution in [0.4, 0.5) is 0 Å². The van der Waals surface area contributed by atoms with E-state index in [1.54, 1.807) is 12.6 Å². The SMILES string of the molecule is CCNC(=NCC1(CCOC)CCC1)NCCNC(=O)c1scnc1C. The number of hydrogen-bond acceptors (Lipinski definition) is 5. The fourth-order valence-corrected chi connectivity index (χ4v) is 3.75. The monoisotopic (exact) mass is 381 g/mol. The van der Waals surface area contributed by atoms with Gasteiger partial charge in [-0.15, -0.1) is 11.3 Å². The van der Waals surface area contributed by atoms with Crippen LogP contribution in [0.2, 0.25) is 0 Å². The molecule has 7 nitrogen and oxygen atoms in total. The Bertz CT molecular complexity index is 598. The number of aryl methyl sites for hydroxylation is 1. The van der Waals surface area contributed by atoms with Crippen LogP contribution in [0.25, 0.3) is 0 Å². The van der Waals surface area contributed by atoms with Gasteiger partial charge in [0.05, 0.1) is 11.2 Å². The normalized spacial score (nSPS) is 16.0. The number of carbonyl (C=O) groups excluding carboxylic acids is 1. The first-order chi connectivity index (χ1) is 12.6. The Morgan fingerprint density at radius 1 is 1.35 bits per heavy atom. The van der Waals surface area contributed by atoms with E-state index in [9.17, 15) is 4.79 Å². The molecule has 1 amide bonds. The number of amides is 1. The number of ether oxygens (including phenoxy) is 1. The summed E-state index contributed by atoms with van der Waals surface area (Å²) in [5.41, 5.74) is 2.77. The van der Waals surface area contributed by atoms with E-state index in [1.807, 2.05) is 6.92 Å². The Hall–Kier alpha value is -1.67. The van der Waals surface area contributed by atoms with Crippen LogP contribution in [0.5, 0.6) is 0 Å². The Labute approximate surface area is 160 Å². The first-order valence-corrected chi connectivity index (χ1v) is 10.2. The molecule has 146 valence electrons. The smallest absolute Gasteiger partial charge is 0.263 e. The summed E-state index contributed by atoms with van der Waals surface area (Å²) in [6.45, 7) is 7.48. The van der Waals surface area contributed by atoms with Crippen LogP contribution in [-0.4, -0.2) is 56.7 Å². The molecule has 2 rings (SSSR count). The predicted octanol–water partition coefficient (Wildman–Crippen LogP) is 1.94. The molecule has 0 aromatic carbocycles. The highest BCUT2D eigenvalue weighted by molar-refractivity contribution is 7.11. The van der Waals surface area contributed by atoms with E-state index >= 15 is 0 Å². The fourth-order valence-electron chi connectivity index (χ4n) is 3.03. The lowest BCUT2D eigenvalue weighted by Crippen LogP contribution is -2.43. The molecule has 0 spiro atoms. The van der Waals surface area contributed by atoms with Crippen LogP contribution in [-0.2, 0) is 4.74 Å². The topological polar surface area (TPSA) is 87.6 Å². The highest BCUT2D eigenvalue weighted by Gasteiger charge is 2.36. The molecule has 1 fully saturated rings. The number of aromatic nitrogens is 1. The van der Waals surface area contributed by atoms with Crippen LogP contribution in [0, 0.1) is 12.3 Å². The Morgan fingerprint density at radius 3 is 2.69 bits per heavy atom. The van der Waals surface area contributed by atoms with E-state index in [0.717, 1.165) is 37.8 Å². The second-order valence-electron chi connectivity index (χ2n) is 6.74. The summed E-state index contributed by atoms with van der Waals surface area (Å²) < 4.78 is 5.24. The van der Waals surface area contributed by atoms with Crippen molar-refractivity contribution in [2.75, 3.05) is 39.9 Å². The van der Waals surface area contributed by atoms with Crippen LogP contribution in [0.15, 0.2) is 10.5 Å². The number of rotatable bonds is 10. The van der Waals surface area contributed by atoms with Crippen molar-refractivity contribution in [3.63, 3.8) is 0 Å². The van der Waals surface area contributed by atoms with Gasteiger partial charge in [0, 0.05) is 39.9 Å². The number of nitrogens with one attached hydrogen (secondary N) is 3. The number of aliphatic imine (C=N–C) groups is 1. The first kappa shape index (κ1) is 20.6. The molecule has 26 heavy (non-hydrogen) atoms. The maximum Gasteiger partial charge on any atom is 0.263 e. The summed E-state index contributed by atoms with van der Waals surface area (Å²) in [4.78, 5) is 21.6. The molecule has 1 saturated carbocycles. The molecule has 0 radical (unpaired) electrons. The molecule has 1 heterocycles. The van der Waals surface area contributed by atoms with Gasteiger partial charge in [-0.2, -0.15) is 0 Å². The summed E-state index contributed by atoms with van der Waals surface area (Å²) in [7, 11) is 1.75. The second kappa shape index (κ2) is 10.5. The van der Waals surface area contributed by atoms with Crippen LogP contribution < -0.4 is 16.0 Å². The lowest BCUT2D eigenvalue weighted by Gasteiger charge is -2.40. The van der Waals surface area contributed by atoms with E-state index < -0.39 is 0 Å². The van der Waals surface area contributed by atoms with Gasteiger partial charge in [-0.1, -0.05) is 6.42 Å². The molecule has 0 saturated heterocycles. The zero-order valence-corrected chi connectivity index (χ0v) is 16.9. The third-order valence-corrected chi connectivity index (χ3v) is 5.75. The largest absolute Gasteiger partial charge is 0.385 e. The first-order valence-electron chi connectivity index (χ1n) is 9.29. The third kappa shape index (κ3) is 5.95. The second-order valence-corrected chi connectivity index (χ2v) is 7.60. The Kier molecular flexibility index (Phi) is 8.31. The number of guanidine groups is 1. The van der Waals surface area contributed by atoms with Gasteiger partial charge in [-0.3, -0.25) is 9.79 Å². The standard InChI is InChI=1S/C18H31N5O2S/c1-4-19-17(22-12-18(6-5-7-18)8-11-25-3)21-10-9-20-16(24)15-14(2)23-13-26-15/h13H,4-12H2,1-3H3,(H,20,24)(H2,19,21,22). The number of methoxy groups -OCH3 is 1. The minimum Gasteiger partial charge on any atom is -0.385 e. The van der Waals surface area contributed by atoms with Crippen molar-refractivity contribution in [2.45, 2.75) is 39.5 Å². The van der Waals surface area contributed by atoms with E-state index in [0.29, 0.717) is 23.4 Å². The van der Waals surface area contributed by atoms with Crippen molar-refractivity contribution in [3.05, 3.63) is 16.1 Å². The predicted molar refractivity (Wildman–Crippen MR) is 106 cm³/mol. The van der Waals surface area contributed by atoms with E-state index in [4.69, 9.17) is 9.73 Å². The minimum absolute atomic E-state index is 0.0678. The Balaban J connectivity index is 1.76. The summed E-state index contributed by atoms with van der Waals surface area (Å²) in [6, 6.07) is 0. The number of hydrogen-bond donors (Lipinski definition) is 3. The molecular weight excluding hydrogens is 350 g/mol. The molecule has 0 bridgehead atoms. The molecule has 1 aromatic rings. The number of thiazole rings is 1. The minimum atomic E-state index is -0.0678. The number of nitrogens with zero attached hydrogens (tertiary/aromatic N) is 2. The molecular formula is C18H31N5O2S. The molecule has 8 heteroatoms. The summed E-state index contributed by atoms with van der Waals surface area (Å²) >= 11 is 1.37. The van der Waals surface area contributed by atoms with Crippen molar-refractivity contribution in [1.82, 2.24) is 20.9 Å². The van der Waals surface area contributed by atoms with Gasteiger partial charge in [0.1, 0.15) is 4.88 Å². The van der Waals surface area contributed by atoms with Crippen molar-refractivity contribution in [2.24, 2.45) is 10.4 Å². The van der Waals surface area contributed by atoms with Crippen LogP contribution in [0.1, 0.15) is 48.0 Å². The van der Waals surface area contributed by atoms with Crippen LogP contribution >= 0.6 is 11.3 Å². The highest BCUT2D eigenvalue weighted by Crippen LogP contribution is 2.44. The van der Waals surface area contributed by atoms with Gasteiger partial charge in [0.15, 0.2) is 5.96 Å². The summed E-state index contributed by atoms with van der Waals surface area (Å²) in [5, 5.41) is 9.48. The molecule has 3 N–H and O–H groups in total. The van der Waals surface area contributed by atoms with E-state index in [2.05, 4.69) is 27.9 Å². The van der Waals surface area contributed by atoms with E-state index in [1.165, 1.54) is 30.6 Å². The Morgan fingerprint density at radius 2 is 2.12 bits per heavy atom. The van der Waals surface area contributed by atoms with Gasteiger partial charge in [-0.25, -0.2) is 4.98 Å². The van der Waals surface area contributed by atoms with Gasteiger partial charge in [0.25, 0.3) is 5.91 Å². The molecule has 1 aliphatic carbocycles. The summed E-state index contributed by atoms with van der Waals surface area (Å²) in [5.74, 6) is 0.737. The zero-order valence-electron chi connectivity index (χ0n) is 16.1. The molecule has 1 aliphatic rings. The van der Waals surface area contributed by atoms with Crippen molar-refractivity contribution < 1.29 is 9.53 Å². The van der Waals surface area contributed by atoms with Gasteiger partial charge < -0.3 is 20.7 Å². The van der Waals surface area contributed by atoms with Gasteiger partial charge in [0.2, 0.25) is 0 Å². The molecule has 1 aromatic heterocycles. The average molecular weight is 382 g/mol. The molecule has 0 atom stereocenters. The quantitative estimate of drug-likeness (QED) is 0.328. The third-order valence-electron chi connectivity index (χ3n) is 4.82. The van der Waals surface area contributed by atoms with Crippen molar-refractivity contribution >= 4 is 23.2 Å². The maximum atomic E-state index is 12.1. The average Bonchev–Trinajstić information content (AvgIpc) is 3.03. The number of carbonyl (C=O) groups is 1. The fraction of sp³-hybridized carbons (Fsp3) is 0.722. The van der Waals surface area contributed by atoms with Crippen molar-refractivity contribution in [1.29, 1.82) is 0 Å². The maximum absolute atomic E-state index is 12.1. The van der Waals surface area contributed by atoms with Crippen molar-refractivity contribution in [3.8, 4) is 0 Å². The lowest BCUT2D eigenvalue weighted by molar-refractivity contribution is 0.0778. The van der Waals surface area contributed by atoms with E-state index in [-0.39, 0.29) is 5.91 Å². The molecule has 0 unspecified atom stereocenters. The zero-order chi connectivity index (χ0) is 18.8. The van der Waals surface area contributed by atoms with Gasteiger partial charge >= 0.3 is 0 Å². The van der Waals surface area contributed by atoms with Gasteiger partial charge in [-0.05, 0) is 38.5 Å².